The Morgan fingerprint density at radius 3 is 2.23 bits per heavy atom. The van der Waals surface area contributed by atoms with Gasteiger partial charge >= 0.3 is 0 Å². The number of halogens is 1. The number of rotatable bonds is 11. The van der Waals surface area contributed by atoms with Crippen LogP contribution >= 0.6 is 0 Å². The topological polar surface area (TPSA) is 143 Å². The van der Waals surface area contributed by atoms with Gasteiger partial charge in [0, 0.05) is 36.2 Å². The van der Waals surface area contributed by atoms with E-state index in [2.05, 4.69) is 15.6 Å². The zero-order chi connectivity index (χ0) is 28.2. The van der Waals surface area contributed by atoms with Crippen molar-refractivity contribution in [3.8, 4) is 0 Å². The second-order valence-corrected chi connectivity index (χ2v) is 11.4. The number of carbonyl (C=O) groups excluding carboxylic acids is 1. The van der Waals surface area contributed by atoms with Gasteiger partial charge in [-0.05, 0) is 98.0 Å². The van der Waals surface area contributed by atoms with E-state index in [0.717, 1.165) is 36.0 Å². The van der Waals surface area contributed by atoms with E-state index < -0.39 is 15.9 Å². The minimum absolute atomic E-state index is 0.121. The molecule has 0 saturated heterocycles. The summed E-state index contributed by atoms with van der Waals surface area (Å²) in [7, 11) is -2.07. The second kappa shape index (κ2) is 11.8. The lowest BCUT2D eigenvalue weighted by Gasteiger charge is -2.26. The van der Waals surface area contributed by atoms with E-state index in [1.807, 2.05) is 0 Å². The van der Waals surface area contributed by atoms with Crippen LogP contribution < -0.4 is 26.4 Å². The molecule has 1 aliphatic rings. The van der Waals surface area contributed by atoms with Gasteiger partial charge in [0.1, 0.15) is 11.5 Å². The van der Waals surface area contributed by atoms with Crippen LogP contribution in [0, 0.1) is 5.82 Å². The van der Waals surface area contributed by atoms with Gasteiger partial charge in [0.25, 0.3) is 5.91 Å². The van der Waals surface area contributed by atoms with Crippen molar-refractivity contribution in [3.63, 3.8) is 0 Å². The third kappa shape index (κ3) is 6.92. The molecule has 6 N–H and O–H groups in total. The maximum Gasteiger partial charge on any atom is 0.270 e. The highest BCUT2D eigenvalue weighted by Crippen LogP contribution is 2.46. The summed E-state index contributed by atoms with van der Waals surface area (Å²) in [5, 5.41) is 5.81. The normalized spacial score (nSPS) is 13.7. The molecule has 0 radical (unpaired) electrons. The Labute approximate surface area is 228 Å². The average Bonchev–Trinajstić information content (AvgIpc) is 3.74. The zero-order valence-corrected chi connectivity index (χ0v) is 22.8. The molecule has 39 heavy (non-hydrogen) atoms. The highest BCUT2D eigenvalue weighted by molar-refractivity contribution is 7.92. The quantitative estimate of drug-likeness (QED) is 0.209. The van der Waals surface area contributed by atoms with E-state index in [4.69, 9.17) is 11.5 Å². The van der Waals surface area contributed by atoms with Crippen molar-refractivity contribution in [3.05, 3.63) is 77.6 Å². The van der Waals surface area contributed by atoms with Crippen molar-refractivity contribution in [2.75, 3.05) is 41.7 Å². The molecule has 1 saturated carbocycles. The molecule has 0 heterocycles. The van der Waals surface area contributed by atoms with Gasteiger partial charge in [0.05, 0.1) is 17.6 Å². The van der Waals surface area contributed by atoms with Crippen molar-refractivity contribution < 1.29 is 17.6 Å². The van der Waals surface area contributed by atoms with Crippen molar-refractivity contribution in [2.24, 2.45) is 10.7 Å². The van der Waals surface area contributed by atoms with Gasteiger partial charge in [-0.3, -0.25) is 9.10 Å². The fourth-order valence-electron chi connectivity index (χ4n) is 4.26. The van der Waals surface area contributed by atoms with E-state index >= 15 is 0 Å². The molecule has 0 atom stereocenters. The fourth-order valence-corrected chi connectivity index (χ4v) is 5.24. The standard InChI is InChI=1S/C28H33FN6O3S/c1-32-28(36)27(34-22-12-10-21(11-13-22)33-20-8-6-19(29)7-9-20)24-16-23(18-4-5-18)26(17-25(24)31)35(15-3-14-30)39(2,37)38/h6-13,16-18,33H,3-5,14-15,30-31H2,1-2H3,(H,32,36). The summed E-state index contributed by atoms with van der Waals surface area (Å²) >= 11 is 0. The number of hydrogen-bond acceptors (Lipinski definition) is 7. The summed E-state index contributed by atoms with van der Waals surface area (Å²) in [6, 6.07) is 16.5. The van der Waals surface area contributed by atoms with Crippen LogP contribution in [0.2, 0.25) is 0 Å². The van der Waals surface area contributed by atoms with Crippen molar-refractivity contribution >= 4 is 50.1 Å². The summed E-state index contributed by atoms with van der Waals surface area (Å²) in [6.45, 7) is 0.590. The lowest BCUT2D eigenvalue weighted by atomic mass is 9.98. The lowest BCUT2D eigenvalue weighted by Crippen LogP contribution is -2.33. The number of nitrogens with one attached hydrogen (secondary N) is 2. The van der Waals surface area contributed by atoms with Crippen LogP contribution in [-0.4, -0.2) is 46.4 Å². The minimum Gasteiger partial charge on any atom is -0.398 e. The van der Waals surface area contributed by atoms with Gasteiger partial charge in [-0.1, -0.05) is 0 Å². The highest BCUT2D eigenvalue weighted by Gasteiger charge is 2.32. The van der Waals surface area contributed by atoms with Gasteiger partial charge in [-0.25, -0.2) is 17.8 Å². The zero-order valence-electron chi connectivity index (χ0n) is 21.9. The molecule has 0 aliphatic heterocycles. The van der Waals surface area contributed by atoms with Crippen molar-refractivity contribution in [1.29, 1.82) is 0 Å². The van der Waals surface area contributed by atoms with Crippen LogP contribution in [-0.2, 0) is 14.8 Å². The minimum atomic E-state index is -3.58. The Morgan fingerprint density at radius 2 is 1.69 bits per heavy atom. The molecular formula is C28H33FN6O3S. The van der Waals surface area contributed by atoms with Crippen LogP contribution in [0.5, 0.6) is 0 Å². The molecule has 11 heteroatoms. The summed E-state index contributed by atoms with van der Waals surface area (Å²) < 4.78 is 39.8. The molecule has 1 amide bonds. The summed E-state index contributed by atoms with van der Waals surface area (Å²) in [5.74, 6) is -0.569. The number of likely N-dealkylation sites (N-methyl/N-ethyl adjacent to an activating group) is 1. The number of nitrogen functional groups attached to an aromatic ring is 1. The first kappa shape index (κ1) is 28.1. The van der Waals surface area contributed by atoms with Gasteiger partial charge in [-0.2, -0.15) is 0 Å². The maximum atomic E-state index is 13.2. The van der Waals surface area contributed by atoms with E-state index in [-0.39, 0.29) is 29.7 Å². The third-order valence-electron chi connectivity index (χ3n) is 6.39. The monoisotopic (exact) mass is 552 g/mol. The maximum absolute atomic E-state index is 13.2. The van der Waals surface area contributed by atoms with Crippen LogP contribution in [0.3, 0.4) is 0 Å². The number of hydrogen-bond donors (Lipinski definition) is 4. The van der Waals surface area contributed by atoms with E-state index in [1.165, 1.54) is 23.5 Å². The molecule has 0 bridgehead atoms. The number of anilines is 4. The number of nitrogens with two attached hydrogens (primary N) is 2. The molecule has 0 unspecified atom stereocenters. The number of benzene rings is 3. The predicted molar refractivity (Wildman–Crippen MR) is 155 cm³/mol. The first-order valence-corrected chi connectivity index (χ1v) is 14.5. The fraction of sp³-hybridized carbons (Fsp3) is 0.286. The number of aliphatic imine (C=N–C) groups is 1. The third-order valence-corrected chi connectivity index (χ3v) is 7.57. The van der Waals surface area contributed by atoms with Crippen LogP contribution in [0.1, 0.15) is 36.3 Å². The lowest BCUT2D eigenvalue weighted by molar-refractivity contribution is -0.114. The first-order valence-electron chi connectivity index (χ1n) is 12.7. The van der Waals surface area contributed by atoms with Gasteiger partial charge in [-0.15, -0.1) is 0 Å². The summed E-state index contributed by atoms with van der Waals surface area (Å²) in [4.78, 5) is 17.6. The Morgan fingerprint density at radius 1 is 1.08 bits per heavy atom. The second-order valence-electron chi connectivity index (χ2n) is 9.47. The smallest absolute Gasteiger partial charge is 0.270 e. The molecule has 4 rings (SSSR count). The van der Waals surface area contributed by atoms with Gasteiger partial charge < -0.3 is 22.1 Å². The van der Waals surface area contributed by atoms with E-state index in [0.29, 0.717) is 29.9 Å². The molecule has 1 aliphatic carbocycles. The van der Waals surface area contributed by atoms with Gasteiger partial charge in [0.2, 0.25) is 10.0 Å². The molecule has 9 nitrogen and oxygen atoms in total. The number of amides is 1. The Bertz CT molecular complexity index is 1470. The van der Waals surface area contributed by atoms with Crippen LogP contribution in [0.25, 0.3) is 0 Å². The Balaban J connectivity index is 1.71. The first-order chi connectivity index (χ1) is 18.6. The Kier molecular flexibility index (Phi) is 8.51. The van der Waals surface area contributed by atoms with E-state index in [9.17, 15) is 17.6 Å². The molecule has 1 fully saturated rings. The van der Waals surface area contributed by atoms with Gasteiger partial charge in [0.15, 0.2) is 0 Å². The van der Waals surface area contributed by atoms with Crippen molar-refractivity contribution in [2.45, 2.75) is 25.2 Å². The molecule has 3 aromatic rings. The molecular weight excluding hydrogens is 519 g/mol. The SMILES string of the molecule is CNC(=O)C(=Nc1ccc(Nc2ccc(F)cc2)cc1)c1cc(C2CC2)c(N(CCCN)S(C)(=O)=O)cc1N. The number of carbonyl (C=O) groups is 1. The average molecular weight is 553 g/mol. The summed E-state index contributed by atoms with van der Waals surface area (Å²) in [6.07, 6.45) is 3.49. The predicted octanol–water partition coefficient (Wildman–Crippen LogP) is 4.01. The largest absolute Gasteiger partial charge is 0.398 e. The van der Waals surface area contributed by atoms with Crippen molar-refractivity contribution in [1.82, 2.24) is 5.32 Å². The number of nitrogens with zero attached hydrogens (tertiary/aromatic N) is 2. The molecule has 0 spiro atoms. The molecule has 206 valence electrons. The molecule has 0 aromatic heterocycles. The number of sulfonamides is 1. The van der Waals surface area contributed by atoms with Crippen LogP contribution in [0.15, 0.2) is 65.7 Å². The van der Waals surface area contributed by atoms with E-state index in [1.54, 1.807) is 48.5 Å². The Hall–Kier alpha value is -3.96. The highest BCUT2D eigenvalue weighted by atomic mass is 32.2. The summed E-state index contributed by atoms with van der Waals surface area (Å²) in [5.41, 5.74) is 16.2. The molecule has 3 aromatic carbocycles. The van der Waals surface area contributed by atoms with Crippen LogP contribution in [0.4, 0.5) is 32.8 Å².